The second-order valence-electron chi connectivity index (χ2n) is 2.33. The molecule has 0 saturated carbocycles. The number of aryl methyl sites for hydroxylation is 1. The standard InChI is InChI=1S/C9H9NO2/c1-7-4-3-5-8(10-6-11)9(7)12-2/h3-5H,1-2H3. The maximum absolute atomic E-state index is 10.0. The van der Waals surface area contributed by atoms with Crippen molar-refractivity contribution in [3.05, 3.63) is 23.8 Å². The van der Waals surface area contributed by atoms with Crippen LogP contribution in [0.2, 0.25) is 0 Å². The number of nitrogens with zero attached hydrogens (tertiary/aromatic N) is 1. The van der Waals surface area contributed by atoms with Gasteiger partial charge in [-0.05, 0) is 18.6 Å². The van der Waals surface area contributed by atoms with Crippen LogP contribution in [0.3, 0.4) is 0 Å². The van der Waals surface area contributed by atoms with Gasteiger partial charge in [0.15, 0.2) is 0 Å². The quantitative estimate of drug-likeness (QED) is 0.494. The van der Waals surface area contributed by atoms with E-state index in [0.717, 1.165) is 5.56 Å². The van der Waals surface area contributed by atoms with E-state index in [0.29, 0.717) is 11.4 Å². The summed E-state index contributed by atoms with van der Waals surface area (Å²) in [6.07, 6.45) is 1.48. The highest BCUT2D eigenvalue weighted by atomic mass is 16.5. The number of benzene rings is 1. The van der Waals surface area contributed by atoms with E-state index < -0.39 is 0 Å². The molecule has 1 aromatic carbocycles. The molecule has 0 N–H and O–H groups in total. The van der Waals surface area contributed by atoms with Crippen LogP contribution >= 0.6 is 0 Å². The van der Waals surface area contributed by atoms with Crippen LogP contribution in [0.1, 0.15) is 5.56 Å². The smallest absolute Gasteiger partial charge is 0.240 e. The third-order valence-electron chi connectivity index (χ3n) is 1.56. The summed E-state index contributed by atoms with van der Waals surface area (Å²) < 4.78 is 5.06. The number of carbonyl (C=O) groups excluding carboxylic acids is 1. The molecule has 1 rings (SSSR count). The van der Waals surface area contributed by atoms with Crippen LogP contribution in [0.15, 0.2) is 23.2 Å². The van der Waals surface area contributed by atoms with Crippen molar-refractivity contribution in [1.82, 2.24) is 0 Å². The molecule has 0 spiro atoms. The van der Waals surface area contributed by atoms with Gasteiger partial charge in [0.2, 0.25) is 6.08 Å². The summed E-state index contributed by atoms with van der Waals surface area (Å²) in [7, 11) is 1.55. The molecule has 0 fully saturated rings. The number of isocyanates is 1. The predicted molar refractivity (Wildman–Crippen MR) is 45.5 cm³/mol. The van der Waals surface area contributed by atoms with Crippen molar-refractivity contribution in [3.63, 3.8) is 0 Å². The largest absolute Gasteiger partial charge is 0.494 e. The molecule has 0 unspecified atom stereocenters. The van der Waals surface area contributed by atoms with Crippen molar-refractivity contribution in [2.75, 3.05) is 7.11 Å². The average molecular weight is 163 g/mol. The minimum Gasteiger partial charge on any atom is -0.494 e. The number of para-hydroxylation sites is 1. The van der Waals surface area contributed by atoms with Crippen molar-refractivity contribution in [2.45, 2.75) is 6.92 Å². The Bertz CT molecular complexity index is 327. The van der Waals surface area contributed by atoms with Gasteiger partial charge in [0, 0.05) is 0 Å². The molecule has 3 nitrogen and oxygen atoms in total. The summed E-state index contributed by atoms with van der Waals surface area (Å²) in [5.41, 5.74) is 1.47. The maximum Gasteiger partial charge on any atom is 0.240 e. The Kier molecular flexibility index (Phi) is 2.62. The Balaban J connectivity index is 3.26. The van der Waals surface area contributed by atoms with E-state index in [1.807, 2.05) is 19.1 Å². The monoisotopic (exact) mass is 163 g/mol. The van der Waals surface area contributed by atoms with Gasteiger partial charge >= 0.3 is 0 Å². The van der Waals surface area contributed by atoms with Crippen LogP contribution in [0.5, 0.6) is 5.75 Å². The van der Waals surface area contributed by atoms with Crippen molar-refractivity contribution in [1.29, 1.82) is 0 Å². The number of rotatable bonds is 2. The number of methoxy groups -OCH3 is 1. The molecule has 0 bridgehead atoms. The van der Waals surface area contributed by atoms with E-state index in [2.05, 4.69) is 4.99 Å². The van der Waals surface area contributed by atoms with E-state index in [1.54, 1.807) is 13.2 Å². The fourth-order valence-corrected chi connectivity index (χ4v) is 1.04. The van der Waals surface area contributed by atoms with E-state index in [-0.39, 0.29) is 0 Å². The first kappa shape index (κ1) is 8.50. The summed E-state index contributed by atoms with van der Waals surface area (Å²) in [4.78, 5) is 13.5. The molecule has 0 aliphatic rings. The van der Waals surface area contributed by atoms with E-state index in [4.69, 9.17) is 4.74 Å². The summed E-state index contributed by atoms with van der Waals surface area (Å²) in [5, 5.41) is 0. The Labute approximate surface area is 70.7 Å². The molecule has 0 aromatic heterocycles. The second kappa shape index (κ2) is 3.69. The van der Waals surface area contributed by atoms with Crippen LogP contribution in [0.4, 0.5) is 5.69 Å². The van der Waals surface area contributed by atoms with Crippen molar-refractivity contribution < 1.29 is 9.53 Å². The van der Waals surface area contributed by atoms with Gasteiger partial charge in [0.25, 0.3) is 0 Å². The van der Waals surface area contributed by atoms with Gasteiger partial charge in [0.05, 0.1) is 7.11 Å². The highest BCUT2D eigenvalue weighted by molar-refractivity contribution is 5.60. The highest BCUT2D eigenvalue weighted by Gasteiger charge is 2.02. The van der Waals surface area contributed by atoms with Gasteiger partial charge in [-0.15, -0.1) is 0 Å². The summed E-state index contributed by atoms with van der Waals surface area (Å²) in [5.74, 6) is 0.626. The van der Waals surface area contributed by atoms with Crippen LogP contribution in [0.25, 0.3) is 0 Å². The minimum absolute atomic E-state index is 0.521. The first-order valence-corrected chi connectivity index (χ1v) is 3.51. The van der Waals surface area contributed by atoms with Gasteiger partial charge in [0.1, 0.15) is 11.4 Å². The molecule has 62 valence electrons. The summed E-state index contributed by atoms with van der Waals surface area (Å²) in [6, 6.07) is 5.41. The first-order chi connectivity index (χ1) is 5.79. The molecule has 0 aliphatic heterocycles. The summed E-state index contributed by atoms with van der Waals surface area (Å²) >= 11 is 0. The lowest BCUT2D eigenvalue weighted by atomic mass is 10.2. The zero-order chi connectivity index (χ0) is 8.97. The maximum atomic E-state index is 10.0. The molecular formula is C9H9NO2. The first-order valence-electron chi connectivity index (χ1n) is 3.51. The number of hydrogen-bond acceptors (Lipinski definition) is 3. The molecule has 0 saturated heterocycles. The third-order valence-corrected chi connectivity index (χ3v) is 1.56. The van der Waals surface area contributed by atoms with Gasteiger partial charge in [-0.2, -0.15) is 4.99 Å². The molecule has 3 heteroatoms. The fraction of sp³-hybridized carbons (Fsp3) is 0.222. The fourth-order valence-electron chi connectivity index (χ4n) is 1.04. The van der Waals surface area contributed by atoms with E-state index >= 15 is 0 Å². The molecule has 0 atom stereocenters. The van der Waals surface area contributed by atoms with Crippen LogP contribution < -0.4 is 4.74 Å². The molecule has 0 radical (unpaired) electrons. The normalized spacial score (nSPS) is 8.83. The van der Waals surface area contributed by atoms with Crippen molar-refractivity contribution in [2.24, 2.45) is 4.99 Å². The lowest BCUT2D eigenvalue weighted by Crippen LogP contribution is -1.86. The van der Waals surface area contributed by atoms with Gasteiger partial charge in [-0.1, -0.05) is 12.1 Å². The van der Waals surface area contributed by atoms with E-state index in [1.165, 1.54) is 6.08 Å². The Hall–Kier alpha value is -1.60. The zero-order valence-corrected chi connectivity index (χ0v) is 7.00. The summed E-state index contributed by atoms with van der Waals surface area (Å²) in [6.45, 7) is 1.89. The van der Waals surface area contributed by atoms with Gasteiger partial charge in [-0.25, -0.2) is 4.79 Å². The molecule has 0 heterocycles. The van der Waals surface area contributed by atoms with E-state index in [9.17, 15) is 4.79 Å². The Morgan fingerprint density at radius 1 is 1.50 bits per heavy atom. The Morgan fingerprint density at radius 3 is 2.83 bits per heavy atom. The lowest BCUT2D eigenvalue weighted by Gasteiger charge is -2.05. The molecular weight excluding hydrogens is 154 g/mol. The number of hydrogen-bond donors (Lipinski definition) is 0. The average Bonchev–Trinajstić information content (AvgIpc) is 2.05. The van der Waals surface area contributed by atoms with Gasteiger partial charge < -0.3 is 4.74 Å². The topological polar surface area (TPSA) is 38.7 Å². The third kappa shape index (κ3) is 1.52. The van der Waals surface area contributed by atoms with Crippen LogP contribution in [-0.4, -0.2) is 13.2 Å². The minimum atomic E-state index is 0.521. The molecule has 0 amide bonds. The van der Waals surface area contributed by atoms with Crippen LogP contribution in [0, 0.1) is 6.92 Å². The number of aliphatic imine (C=N–C) groups is 1. The second-order valence-corrected chi connectivity index (χ2v) is 2.33. The molecule has 12 heavy (non-hydrogen) atoms. The molecule has 0 aliphatic carbocycles. The SMILES string of the molecule is COc1c(C)cccc1N=C=O. The lowest BCUT2D eigenvalue weighted by molar-refractivity contribution is 0.413. The predicted octanol–water partition coefficient (Wildman–Crippen LogP) is 1.97. The van der Waals surface area contributed by atoms with Crippen molar-refractivity contribution in [3.8, 4) is 5.75 Å². The van der Waals surface area contributed by atoms with Gasteiger partial charge in [-0.3, -0.25) is 0 Å². The van der Waals surface area contributed by atoms with Crippen molar-refractivity contribution >= 4 is 11.8 Å². The number of ether oxygens (including phenoxy) is 1. The Morgan fingerprint density at radius 2 is 2.25 bits per heavy atom. The zero-order valence-electron chi connectivity index (χ0n) is 7.00. The highest BCUT2D eigenvalue weighted by Crippen LogP contribution is 2.29. The van der Waals surface area contributed by atoms with Crippen LogP contribution in [-0.2, 0) is 4.79 Å². The molecule has 1 aromatic rings.